The number of rotatable bonds is 5. The molecule has 0 aliphatic heterocycles. The number of carbonyl (C=O) groups is 1. The van der Waals surface area contributed by atoms with Gasteiger partial charge >= 0.3 is 0 Å². The lowest BCUT2D eigenvalue weighted by Gasteiger charge is -2.19. The summed E-state index contributed by atoms with van der Waals surface area (Å²) in [5.41, 5.74) is 0. The molecule has 0 fully saturated rings. The van der Waals surface area contributed by atoms with Crippen LogP contribution in [0, 0.1) is 5.82 Å². The van der Waals surface area contributed by atoms with E-state index in [0.29, 0.717) is 10.3 Å². The Labute approximate surface area is 113 Å². The molecule has 1 heterocycles. The first kappa shape index (κ1) is 13.9. The third-order valence-electron chi connectivity index (χ3n) is 2.72. The molecule has 1 aromatic carbocycles. The van der Waals surface area contributed by atoms with Gasteiger partial charge in [0.15, 0.2) is 0 Å². The van der Waals surface area contributed by atoms with E-state index >= 15 is 0 Å². The summed E-state index contributed by atoms with van der Waals surface area (Å²) in [5, 5.41) is 18.5. The predicted octanol–water partition coefficient (Wildman–Crippen LogP) is 1.47. The molecule has 0 spiro atoms. The highest BCUT2D eigenvalue weighted by atomic mass is 32.1. The van der Waals surface area contributed by atoms with Crippen molar-refractivity contribution in [2.45, 2.75) is 0 Å². The number of fused-ring (bicyclic) bond motifs is 1. The number of amides is 1. The van der Waals surface area contributed by atoms with Crippen LogP contribution in [-0.4, -0.2) is 47.3 Å². The van der Waals surface area contributed by atoms with E-state index in [1.165, 1.54) is 28.4 Å². The molecule has 0 aliphatic carbocycles. The lowest BCUT2D eigenvalue weighted by Crippen LogP contribution is -2.35. The molecule has 102 valence electrons. The van der Waals surface area contributed by atoms with E-state index in [0.717, 1.165) is 4.70 Å². The van der Waals surface area contributed by atoms with Gasteiger partial charge in [0.2, 0.25) is 0 Å². The third kappa shape index (κ3) is 3.09. The quantitative estimate of drug-likeness (QED) is 0.873. The van der Waals surface area contributed by atoms with Gasteiger partial charge < -0.3 is 15.1 Å². The molecule has 0 aliphatic rings. The van der Waals surface area contributed by atoms with E-state index in [-0.39, 0.29) is 38.0 Å². The fourth-order valence-corrected chi connectivity index (χ4v) is 2.84. The van der Waals surface area contributed by atoms with Crippen molar-refractivity contribution in [1.29, 1.82) is 0 Å². The molecule has 0 radical (unpaired) electrons. The highest BCUT2D eigenvalue weighted by Crippen LogP contribution is 2.27. The minimum Gasteiger partial charge on any atom is -0.395 e. The predicted molar refractivity (Wildman–Crippen MR) is 71.9 cm³/mol. The molecular formula is C13H14FNO3S. The molecule has 4 nitrogen and oxygen atoms in total. The van der Waals surface area contributed by atoms with Crippen LogP contribution in [0.2, 0.25) is 0 Å². The van der Waals surface area contributed by atoms with Crippen LogP contribution in [0.4, 0.5) is 4.39 Å². The van der Waals surface area contributed by atoms with Crippen LogP contribution in [0.1, 0.15) is 9.67 Å². The summed E-state index contributed by atoms with van der Waals surface area (Å²) in [6, 6.07) is 6.00. The summed E-state index contributed by atoms with van der Waals surface area (Å²) in [5.74, 6) is -0.600. The molecule has 0 saturated carbocycles. The molecule has 0 unspecified atom stereocenters. The Morgan fingerprint density at radius 3 is 2.53 bits per heavy atom. The number of aliphatic hydroxyl groups excluding tert-OH is 2. The molecule has 1 amide bonds. The van der Waals surface area contributed by atoms with Gasteiger partial charge in [0.1, 0.15) is 5.82 Å². The van der Waals surface area contributed by atoms with Gasteiger partial charge in [0, 0.05) is 17.8 Å². The average molecular weight is 283 g/mol. The van der Waals surface area contributed by atoms with Crippen LogP contribution >= 0.6 is 11.3 Å². The van der Waals surface area contributed by atoms with Crippen LogP contribution in [0.3, 0.4) is 0 Å². The minimum atomic E-state index is -0.341. The van der Waals surface area contributed by atoms with E-state index in [9.17, 15) is 9.18 Å². The van der Waals surface area contributed by atoms with Crippen molar-refractivity contribution >= 4 is 27.3 Å². The van der Waals surface area contributed by atoms with Crippen LogP contribution in [0.15, 0.2) is 24.3 Å². The van der Waals surface area contributed by atoms with Crippen LogP contribution in [0.25, 0.3) is 10.1 Å². The Bertz CT molecular complexity index is 578. The Balaban J connectivity index is 2.29. The third-order valence-corrected chi connectivity index (χ3v) is 3.82. The fraction of sp³-hybridized carbons (Fsp3) is 0.308. The van der Waals surface area contributed by atoms with Gasteiger partial charge in [-0.25, -0.2) is 4.39 Å². The van der Waals surface area contributed by atoms with Crippen molar-refractivity contribution in [2.75, 3.05) is 26.3 Å². The van der Waals surface area contributed by atoms with Crippen molar-refractivity contribution in [3.63, 3.8) is 0 Å². The second kappa shape index (κ2) is 6.10. The maximum absolute atomic E-state index is 13.1. The summed E-state index contributed by atoms with van der Waals surface area (Å²) in [4.78, 5) is 14.1. The second-order valence-corrected chi connectivity index (χ2v) is 5.12. The summed E-state index contributed by atoms with van der Waals surface area (Å²) in [6.45, 7) is 0.0144. The first-order valence-electron chi connectivity index (χ1n) is 5.86. The number of hydrogen-bond donors (Lipinski definition) is 2. The van der Waals surface area contributed by atoms with E-state index in [1.807, 2.05) is 0 Å². The van der Waals surface area contributed by atoms with Crippen molar-refractivity contribution in [2.24, 2.45) is 0 Å². The fourth-order valence-electron chi connectivity index (χ4n) is 1.83. The first-order chi connectivity index (χ1) is 9.15. The van der Waals surface area contributed by atoms with Gasteiger partial charge in [0.05, 0.1) is 18.1 Å². The Hall–Kier alpha value is -1.50. The first-order valence-corrected chi connectivity index (χ1v) is 6.67. The number of nitrogens with zero attached hydrogens (tertiary/aromatic N) is 1. The van der Waals surface area contributed by atoms with Crippen LogP contribution in [0.5, 0.6) is 0 Å². The maximum Gasteiger partial charge on any atom is 0.264 e. The zero-order valence-electron chi connectivity index (χ0n) is 10.2. The number of hydrogen-bond acceptors (Lipinski definition) is 4. The number of thiophene rings is 1. The Kier molecular flexibility index (Phi) is 4.47. The molecule has 2 N–H and O–H groups in total. The molecular weight excluding hydrogens is 269 g/mol. The average Bonchev–Trinajstić information content (AvgIpc) is 2.80. The van der Waals surface area contributed by atoms with Gasteiger partial charge in [-0.1, -0.05) is 0 Å². The largest absolute Gasteiger partial charge is 0.395 e. The van der Waals surface area contributed by atoms with Gasteiger partial charge in [-0.3, -0.25) is 4.79 Å². The van der Waals surface area contributed by atoms with Crippen LogP contribution < -0.4 is 0 Å². The van der Waals surface area contributed by atoms with Crippen molar-refractivity contribution in [1.82, 2.24) is 4.90 Å². The zero-order valence-corrected chi connectivity index (χ0v) is 11.0. The summed E-state index contributed by atoms with van der Waals surface area (Å²) >= 11 is 1.27. The lowest BCUT2D eigenvalue weighted by atomic mass is 10.2. The second-order valence-electron chi connectivity index (χ2n) is 4.03. The molecule has 2 rings (SSSR count). The smallest absolute Gasteiger partial charge is 0.264 e. The minimum absolute atomic E-state index is 0.161. The highest BCUT2D eigenvalue weighted by Gasteiger charge is 2.17. The molecule has 1 aromatic heterocycles. The number of halogens is 1. The molecule has 0 saturated heterocycles. The van der Waals surface area contributed by atoms with E-state index in [4.69, 9.17) is 10.2 Å². The molecule has 19 heavy (non-hydrogen) atoms. The Morgan fingerprint density at radius 1 is 1.21 bits per heavy atom. The van der Waals surface area contributed by atoms with Crippen molar-refractivity contribution in [3.8, 4) is 0 Å². The molecule has 0 bridgehead atoms. The van der Waals surface area contributed by atoms with Gasteiger partial charge in [-0.2, -0.15) is 0 Å². The number of carbonyl (C=O) groups excluding carboxylic acids is 1. The van der Waals surface area contributed by atoms with Gasteiger partial charge in [0.25, 0.3) is 5.91 Å². The summed E-state index contributed by atoms with van der Waals surface area (Å²) in [6.07, 6.45) is 0. The van der Waals surface area contributed by atoms with Gasteiger partial charge in [-0.05, 0) is 29.7 Å². The van der Waals surface area contributed by atoms with E-state index in [2.05, 4.69) is 0 Å². The van der Waals surface area contributed by atoms with E-state index < -0.39 is 0 Å². The SMILES string of the molecule is O=C(c1cc2cc(F)ccc2s1)N(CCO)CCO. The van der Waals surface area contributed by atoms with E-state index in [1.54, 1.807) is 12.1 Å². The highest BCUT2D eigenvalue weighted by molar-refractivity contribution is 7.20. The number of aliphatic hydroxyl groups is 2. The van der Waals surface area contributed by atoms with Gasteiger partial charge in [-0.15, -0.1) is 11.3 Å². The normalized spacial score (nSPS) is 10.9. The lowest BCUT2D eigenvalue weighted by molar-refractivity contribution is 0.0689. The molecule has 2 aromatic rings. The standard InChI is InChI=1S/C13H14FNO3S/c14-10-1-2-11-9(7-10)8-12(19-11)13(18)15(3-5-16)4-6-17/h1-2,7-8,16-17H,3-6H2. The summed E-state index contributed by atoms with van der Waals surface area (Å²) in [7, 11) is 0. The maximum atomic E-state index is 13.1. The van der Waals surface area contributed by atoms with Crippen LogP contribution in [-0.2, 0) is 0 Å². The Morgan fingerprint density at radius 2 is 1.89 bits per heavy atom. The molecule has 0 atom stereocenters. The van der Waals surface area contributed by atoms with Crippen molar-refractivity contribution < 1.29 is 19.4 Å². The number of benzene rings is 1. The zero-order chi connectivity index (χ0) is 13.8. The summed E-state index contributed by atoms with van der Waals surface area (Å²) < 4.78 is 13.9. The topological polar surface area (TPSA) is 60.8 Å². The van der Waals surface area contributed by atoms with Crippen molar-refractivity contribution in [3.05, 3.63) is 35.0 Å². The molecule has 6 heteroatoms. The monoisotopic (exact) mass is 283 g/mol.